The number of anilines is 1. The van der Waals surface area contributed by atoms with Gasteiger partial charge in [0.05, 0.1) is 13.7 Å². The first-order valence-corrected chi connectivity index (χ1v) is 10.5. The van der Waals surface area contributed by atoms with E-state index in [9.17, 15) is 4.79 Å². The predicted molar refractivity (Wildman–Crippen MR) is 116 cm³/mol. The van der Waals surface area contributed by atoms with Gasteiger partial charge in [-0.15, -0.1) is 0 Å². The zero-order chi connectivity index (χ0) is 20.2. The molecule has 0 spiro atoms. The number of benzene rings is 2. The lowest BCUT2D eigenvalue weighted by atomic mass is 9.96. The van der Waals surface area contributed by atoms with Gasteiger partial charge in [0.2, 0.25) is 0 Å². The Hall–Kier alpha value is -2.75. The molecule has 0 bridgehead atoms. The van der Waals surface area contributed by atoms with E-state index in [1.807, 2.05) is 25.1 Å². The number of Topliss-reactive ketones (excluding diaryl/α,β-unsaturated/α-hetero) is 1. The number of nitrogens with one attached hydrogen (secondary N) is 1. The van der Waals surface area contributed by atoms with Crippen molar-refractivity contribution in [2.24, 2.45) is 5.92 Å². The Morgan fingerprint density at radius 3 is 2.52 bits per heavy atom. The third-order valence-electron chi connectivity index (χ3n) is 6.08. The maximum Gasteiger partial charge on any atom is 0.163 e. The number of hydrogen-bond acceptors (Lipinski definition) is 4. The molecule has 4 nitrogen and oxygen atoms in total. The van der Waals surface area contributed by atoms with E-state index in [1.54, 1.807) is 7.11 Å². The standard InChI is InChI=1S/C25H29NO3/c1-17-22(8-5-9-23(17)27)26-21-10-11-24(28-2)25(16-21)29-13-12-18-14-19-6-3-4-7-20(19)15-18/h3-4,6-7,10-11,16,18,26H,5,8-9,12-15H2,1-2H3. The first-order chi connectivity index (χ1) is 14.1. The summed E-state index contributed by atoms with van der Waals surface area (Å²) in [6, 6.07) is 14.6. The number of hydrogen-bond donors (Lipinski definition) is 1. The molecule has 2 aromatic rings. The van der Waals surface area contributed by atoms with Gasteiger partial charge in [-0.25, -0.2) is 0 Å². The Kier molecular flexibility index (Phi) is 5.89. The van der Waals surface area contributed by atoms with Gasteiger partial charge in [0, 0.05) is 29.4 Å². The van der Waals surface area contributed by atoms with Gasteiger partial charge in [-0.3, -0.25) is 4.79 Å². The molecule has 2 aliphatic rings. The van der Waals surface area contributed by atoms with Crippen LogP contribution in [0.2, 0.25) is 0 Å². The Morgan fingerprint density at radius 2 is 1.79 bits per heavy atom. The van der Waals surface area contributed by atoms with E-state index >= 15 is 0 Å². The lowest BCUT2D eigenvalue weighted by Gasteiger charge is -2.20. The van der Waals surface area contributed by atoms with Crippen LogP contribution in [0.5, 0.6) is 11.5 Å². The van der Waals surface area contributed by atoms with Crippen LogP contribution in [0.15, 0.2) is 53.7 Å². The maximum atomic E-state index is 12.0. The summed E-state index contributed by atoms with van der Waals surface area (Å²) in [5.41, 5.74) is 5.74. The van der Waals surface area contributed by atoms with Crippen molar-refractivity contribution in [3.8, 4) is 11.5 Å². The highest BCUT2D eigenvalue weighted by molar-refractivity contribution is 5.96. The van der Waals surface area contributed by atoms with Crippen molar-refractivity contribution in [2.45, 2.75) is 45.4 Å². The van der Waals surface area contributed by atoms with Gasteiger partial charge < -0.3 is 14.8 Å². The molecule has 4 rings (SSSR count). The largest absolute Gasteiger partial charge is 0.493 e. The average Bonchev–Trinajstić information content (AvgIpc) is 3.14. The molecule has 0 heterocycles. The summed E-state index contributed by atoms with van der Waals surface area (Å²) in [5, 5.41) is 3.42. The Balaban J connectivity index is 1.39. The molecule has 152 valence electrons. The van der Waals surface area contributed by atoms with Crippen LogP contribution in [0, 0.1) is 5.92 Å². The van der Waals surface area contributed by atoms with Gasteiger partial charge in [0.1, 0.15) is 0 Å². The van der Waals surface area contributed by atoms with E-state index in [1.165, 1.54) is 11.1 Å². The van der Waals surface area contributed by atoms with E-state index in [2.05, 4.69) is 29.6 Å². The fourth-order valence-electron chi connectivity index (χ4n) is 4.36. The highest BCUT2D eigenvalue weighted by atomic mass is 16.5. The first kappa shape index (κ1) is 19.6. The zero-order valence-electron chi connectivity index (χ0n) is 17.3. The fraction of sp³-hybridized carbons (Fsp3) is 0.400. The van der Waals surface area contributed by atoms with Crippen molar-refractivity contribution >= 4 is 11.5 Å². The zero-order valence-corrected chi connectivity index (χ0v) is 17.3. The third kappa shape index (κ3) is 4.47. The summed E-state index contributed by atoms with van der Waals surface area (Å²) in [7, 11) is 1.66. The second-order valence-electron chi connectivity index (χ2n) is 8.05. The minimum absolute atomic E-state index is 0.237. The number of carbonyl (C=O) groups excluding carboxylic acids is 1. The number of carbonyl (C=O) groups is 1. The number of rotatable bonds is 7. The predicted octanol–water partition coefficient (Wildman–Crippen LogP) is 5.32. The van der Waals surface area contributed by atoms with Crippen LogP contribution in [0.1, 0.15) is 43.7 Å². The van der Waals surface area contributed by atoms with E-state index in [0.29, 0.717) is 18.9 Å². The molecule has 0 aromatic heterocycles. The van der Waals surface area contributed by atoms with Crippen molar-refractivity contribution in [1.29, 1.82) is 0 Å². The third-order valence-corrected chi connectivity index (χ3v) is 6.08. The monoisotopic (exact) mass is 391 g/mol. The number of methoxy groups -OCH3 is 1. The van der Waals surface area contributed by atoms with Gasteiger partial charge in [0.25, 0.3) is 0 Å². The average molecular weight is 392 g/mol. The molecule has 0 radical (unpaired) electrons. The molecule has 0 aliphatic heterocycles. The summed E-state index contributed by atoms with van der Waals surface area (Å²) < 4.78 is 11.6. The minimum Gasteiger partial charge on any atom is -0.493 e. The van der Waals surface area contributed by atoms with Crippen LogP contribution in [0.25, 0.3) is 0 Å². The second kappa shape index (κ2) is 8.73. The molecular weight excluding hydrogens is 362 g/mol. The van der Waals surface area contributed by atoms with Crippen molar-refractivity contribution in [3.63, 3.8) is 0 Å². The molecule has 0 fully saturated rings. The summed E-state index contributed by atoms with van der Waals surface area (Å²) in [6.07, 6.45) is 5.76. The van der Waals surface area contributed by atoms with Gasteiger partial charge in [-0.05, 0) is 68.2 Å². The van der Waals surface area contributed by atoms with Crippen LogP contribution < -0.4 is 14.8 Å². The Morgan fingerprint density at radius 1 is 1.03 bits per heavy atom. The molecule has 29 heavy (non-hydrogen) atoms. The molecule has 0 unspecified atom stereocenters. The minimum atomic E-state index is 0.237. The molecule has 2 aromatic carbocycles. The van der Waals surface area contributed by atoms with E-state index in [0.717, 1.165) is 60.6 Å². The quantitative estimate of drug-likeness (QED) is 0.694. The molecule has 0 saturated heterocycles. The van der Waals surface area contributed by atoms with Gasteiger partial charge in [0.15, 0.2) is 17.3 Å². The highest BCUT2D eigenvalue weighted by Gasteiger charge is 2.21. The molecule has 0 atom stereocenters. The SMILES string of the molecule is COc1ccc(NC2=C(C)C(=O)CCC2)cc1OCCC1Cc2ccccc2C1. The number of allylic oxidation sites excluding steroid dienone is 2. The van der Waals surface area contributed by atoms with Crippen LogP contribution >= 0.6 is 0 Å². The fourth-order valence-corrected chi connectivity index (χ4v) is 4.36. The highest BCUT2D eigenvalue weighted by Crippen LogP contribution is 2.33. The second-order valence-corrected chi connectivity index (χ2v) is 8.05. The molecule has 4 heteroatoms. The van der Waals surface area contributed by atoms with E-state index in [4.69, 9.17) is 9.47 Å². The molecule has 0 amide bonds. The van der Waals surface area contributed by atoms with E-state index < -0.39 is 0 Å². The Bertz CT molecular complexity index is 906. The van der Waals surface area contributed by atoms with Gasteiger partial charge >= 0.3 is 0 Å². The summed E-state index contributed by atoms with van der Waals surface area (Å²) >= 11 is 0. The van der Waals surface area contributed by atoms with Gasteiger partial charge in [-0.2, -0.15) is 0 Å². The summed E-state index contributed by atoms with van der Waals surface area (Å²) in [6.45, 7) is 2.57. The maximum absolute atomic E-state index is 12.0. The lowest BCUT2D eigenvalue weighted by Crippen LogP contribution is -2.14. The molecule has 0 saturated carbocycles. The number of fused-ring (bicyclic) bond motifs is 1. The number of ketones is 1. The lowest BCUT2D eigenvalue weighted by molar-refractivity contribution is -0.116. The smallest absolute Gasteiger partial charge is 0.163 e. The molecular formula is C25H29NO3. The number of ether oxygens (including phenoxy) is 2. The normalized spacial score (nSPS) is 16.7. The van der Waals surface area contributed by atoms with Crippen molar-refractivity contribution in [2.75, 3.05) is 19.0 Å². The Labute approximate surface area is 172 Å². The van der Waals surface area contributed by atoms with Crippen molar-refractivity contribution in [1.82, 2.24) is 0 Å². The summed E-state index contributed by atoms with van der Waals surface area (Å²) in [4.78, 5) is 12.0. The van der Waals surface area contributed by atoms with Crippen LogP contribution in [-0.4, -0.2) is 19.5 Å². The topological polar surface area (TPSA) is 47.6 Å². The summed E-state index contributed by atoms with van der Waals surface area (Å²) in [5.74, 6) is 2.35. The van der Waals surface area contributed by atoms with Crippen LogP contribution in [0.4, 0.5) is 5.69 Å². The van der Waals surface area contributed by atoms with Gasteiger partial charge in [-0.1, -0.05) is 24.3 Å². The molecule has 2 aliphatic carbocycles. The van der Waals surface area contributed by atoms with Crippen LogP contribution in [-0.2, 0) is 17.6 Å². The van der Waals surface area contributed by atoms with Crippen molar-refractivity contribution < 1.29 is 14.3 Å². The van der Waals surface area contributed by atoms with Crippen LogP contribution in [0.3, 0.4) is 0 Å². The molecule has 1 N–H and O–H groups in total. The first-order valence-electron chi connectivity index (χ1n) is 10.5. The van der Waals surface area contributed by atoms with E-state index in [-0.39, 0.29) is 5.78 Å². The van der Waals surface area contributed by atoms with Crippen molar-refractivity contribution in [3.05, 3.63) is 64.9 Å².